The Bertz CT molecular complexity index is 434. The van der Waals surface area contributed by atoms with Crippen molar-refractivity contribution in [3.8, 4) is 0 Å². The Labute approximate surface area is 130 Å². The highest BCUT2D eigenvalue weighted by Gasteiger charge is 2.27. The summed E-state index contributed by atoms with van der Waals surface area (Å²) in [5.41, 5.74) is 6.44. The van der Waals surface area contributed by atoms with Gasteiger partial charge in [0.15, 0.2) is 0 Å². The number of likely N-dealkylation sites (tertiary alicyclic amines) is 1. The zero-order chi connectivity index (χ0) is 13.8. The summed E-state index contributed by atoms with van der Waals surface area (Å²) in [6.45, 7) is 1.97. The smallest absolute Gasteiger partial charge is 0.127 e. The van der Waals surface area contributed by atoms with Crippen LogP contribution in [0.2, 0.25) is 5.02 Å². The van der Waals surface area contributed by atoms with Crippen LogP contribution in [-0.2, 0) is 11.3 Å². The van der Waals surface area contributed by atoms with Crippen molar-refractivity contribution >= 4 is 24.0 Å². The molecule has 0 saturated carbocycles. The van der Waals surface area contributed by atoms with E-state index in [0.29, 0.717) is 23.7 Å². The van der Waals surface area contributed by atoms with E-state index in [1.807, 2.05) is 0 Å². The first-order chi connectivity index (χ1) is 9.13. The van der Waals surface area contributed by atoms with Crippen molar-refractivity contribution in [3.05, 3.63) is 34.6 Å². The maximum absolute atomic E-state index is 13.8. The number of ether oxygens (including phenoxy) is 1. The van der Waals surface area contributed by atoms with E-state index in [0.717, 1.165) is 19.4 Å². The Morgan fingerprint density at radius 3 is 2.90 bits per heavy atom. The molecule has 1 saturated heterocycles. The molecule has 1 fully saturated rings. The van der Waals surface area contributed by atoms with E-state index < -0.39 is 0 Å². The van der Waals surface area contributed by atoms with Crippen LogP contribution in [0.4, 0.5) is 4.39 Å². The molecule has 1 aromatic rings. The summed E-state index contributed by atoms with van der Waals surface area (Å²) in [4.78, 5) is 2.21. The second-order valence-electron chi connectivity index (χ2n) is 4.98. The van der Waals surface area contributed by atoms with Gasteiger partial charge in [-0.1, -0.05) is 11.6 Å². The molecular weight excluding hydrogens is 302 g/mol. The second-order valence-corrected chi connectivity index (χ2v) is 5.41. The van der Waals surface area contributed by atoms with Gasteiger partial charge in [0.1, 0.15) is 5.82 Å². The molecule has 6 heteroatoms. The lowest BCUT2D eigenvalue weighted by Crippen LogP contribution is -2.48. The van der Waals surface area contributed by atoms with Gasteiger partial charge in [0.05, 0.1) is 6.10 Å². The van der Waals surface area contributed by atoms with Gasteiger partial charge in [-0.2, -0.15) is 0 Å². The van der Waals surface area contributed by atoms with Crippen molar-refractivity contribution in [1.29, 1.82) is 0 Å². The molecule has 0 aliphatic carbocycles. The first-order valence-corrected chi connectivity index (χ1v) is 6.92. The first-order valence-electron chi connectivity index (χ1n) is 6.55. The van der Waals surface area contributed by atoms with E-state index in [4.69, 9.17) is 22.1 Å². The summed E-state index contributed by atoms with van der Waals surface area (Å²) in [6.07, 6.45) is 2.11. The molecule has 0 amide bonds. The lowest BCUT2D eigenvalue weighted by Gasteiger charge is -2.38. The molecule has 20 heavy (non-hydrogen) atoms. The average Bonchev–Trinajstić information content (AvgIpc) is 2.43. The minimum Gasteiger partial charge on any atom is -0.381 e. The van der Waals surface area contributed by atoms with Crippen molar-refractivity contribution in [3.63, 3.8) is 0 Å². The number of hydrogen-bond acceptors (Lipinski definition) is 3. The normalized spacial score (nSPS) is 23.4. The van der Waals surface area contributed by atoms with Crippen molar-refractivity contribution in [2.24, 2.45) is 5.73 Å². The van der Waals surface area contributed by atoms with Gasteiger partial charge >= 0.3 is 0 Å². The fourth-order valence-corrected chi connectivity index (χ4v) is 2.81. The summed E-state index contributed by atoms with van der Waals surface area (Å²) in [6, 6.07) is 4.90. The monoisotopic (exact) mass is 322 g/mol. The highest BCUT2D eigenvalue weighted by Crippen LogP contribution is 2.23. The summed E-state index contributed by atoms with van der Waals surface area (Å²) >= 11 is 5.92. The Hall–Kier alpha value is -0.390. The molecule has 1 aliphatic heterocycles. The predicted molar refractivity (Wildman–Crippen MR) is 81.9 cm³/mol. The highest BCUT2D eigenvalue weighted by atomic mass is 35.5. The highest BCUT2D eigenvalue weighted by molar-refractivity contribution is 6.30. The Morgan fingerprint density at radius 2 is 2.25 bits per heavy atom. The lowest BCUT2D eigenvalue weighted by atomic mass is 9.98. The second kappa shape index (κ2) is 8.15. The number of piperidine rings is 1. The Balaban J connectivity index is 0.00000200. The molecule has 0 aromatic heterocycles. The number of rotatable bonds is 4. The molecule has 0 spiro atoms. The number of methoxy groups -OCH3 is 1. The number of benzene rings is 1. The molecule has 0 radical (unpaired) electrons. The predicted octanol–water partition coefficient (Wildman–Crippen LogP) is 2.84. The molecule has 2 unspecified atom stereocenters. The van der Waals surface area contributed by atoms with Crippen LogP contribution in [-0.4, -0.2) is 37.2 Å². The van der Waals surface area contributed by atoms with Crippen molar-refractivity contribution < 1.29 is 9.13 Å². The fourth-order valence-electron chi connectivity index (χ4n) is 2.61. The molecule has 114 valence electrons. The van der Waals surface area contributed by atoms with Gasteiger partial charge in [-0.25, -0.2) is 4.39 Å². The fraction of sp³-hybridized carbons (Fsp3) is 0.571. The van der Waals surface area contributed by atoms with Crippen LogP contribution in [0.1, 0.15) is 18.4 Å². The number of nitrogens with zero attached hydrogens (tertiary/aromatic N) is 1. The third-order valence-corrected chi connectivity index (χ3v) is 4.01. The Morgan fingerprint density at radius 1 is 1.50 bits per heavy atom. The summed E-state index contributed by atoms with van der Waals surface area (Å²) in [5, 5.41) is 0.562. The van der Waals surface area contributed by atoms with E-state index >= 15 is 0 Å². The largest absolute Gasteiger partial charge is 0.381 e. The van der Waals surface area contributed by atoms with Crippen LogP contribution < -0.4 is 5.73 Å². The molecule has 2 rings (SSSR count). The van der Waals surface area contributed by atoms with E-state index in [1.165, 1.54) is 6.07 Å². The van der Waals surface area contributed by atoms with Crippen LogP contribution in [0.3, 0.4) is 0 Å². The molecule has 1 heterocycles. The minimum absolute atomic E-state index is 0. The van der Waals surface area contributed by atoms with Crippen LogP contribution in [0, 0.1) is 5.82 Å². The quantitative estimate of drug-likeness (QED) is 0.926. The van der Waals surface area contributed by atoms with Gasteiger partial charge in [0.2, 0.25) is 0 Å². The summed E-state index contributed by atoms with van der Waals surface area (Å²) in [5.74, 6) is -0.214. The molecule has 0 bridgehead atoms. The van der Waals surface area contributed by atoms with Gasteiger partial charge in [-0.05, 0) is 31.0 Å². The summed E-state index contributed by atoms with van der Waals surface area (Å²) < 4.78 is 19.1. The van der Waals surface area contributed by atoms with E-state index in [1.54, 1.807) is 19.2 Å². The third-order valence-electron chi connectivity index (χ3n) is 3.78. The lowest BCUT2D eigenvalue weighted by molar-refractivity contribution is 0.00988. The Kier molecular flexibility index (Phi) is 7.20. The van der Waals surface area contributed by atoms with Crippen LogP contribution in [0.5, 0.6) is 0 Å². The van der Waals surface area contributed by atoms with Gasteiger partial charge in [-0.15, -0.1) is 12.4 Å². The van der Waals surface area contributed by atoms with Crippen LogP contribution in [0.15, 0.2) is 18.2 Å². The van der Waals surface area contributed by atoms with E-state index in [2.05, 4.69) is 4.90 Å². The summed E-state index contributed by atoms with van der Waals surface area (Å²) in [7, 11) is 1.73. The first kappa shape index (κ1) is 17.7. The molecule has 2 atom stereocenters. The maximum Gasteiger partial charge on any atom is 0.127 e. The SMILES string of the molecule is COC1CCN(Cc2cc(Cl)ccc2F)C(CN)C1.Cl. The minimum atomic E-state index is -0.214. The third kappa shape index (κ3) is 4.30. The van der Waals surface area contributed by atoms with E-state index in [9.17, 15) is 4.39 Å². The van der Waals surface area contributed by atoms with Gasteiger partial charge in [-0.3, -0.25) is 4.90 Å². The molecule has 1 aromatic carbocycles. The van der Waals surface area contributed by atoms with Crippen LogP contribution in [0.25, 0.3) is 0 Å². The van der Waals surface area contributed by atoms with Crippen LogP contribution >= 0.6 is 24.0 Å². The maximum atomic E-state index is 13.8. The van der Waals surface area contributed by atoms with Crippen molar-refractivity contribution in [2.75, 3.05) is 20.2 Å². The number of hydrogen-bond donors (Lipinski definition) is 1. The number of nitrogens with two attached hydrogens (primary N) is 1. The van der Waals surface area contributed by atoms with E-state index in [-0.39, 0.29) is 30.4 Å². The topological polar surface area (TPSA) is 38.5 Å². The molecule has 1 aliphatic rings. The molecular formula is C14H21Cl2FN2O. The number of halogens is 3. The van der Waals surface area contributed by atoms with Gasteiger partial charge < -0.3 is 10.5 Å². The van der Waals surface area contributed by atoms with Gasteiger partial charge in [0.25, 0.3) is 0 Å². The zero-order valence-electron chi connectivity index (χ0n) is 11.5. The molecule has 3 nitrogen and oxygen atoms in total. The average molecular weight is 323 g/mol. The molecule has 2 N–H and O–H groups in total. The standard InChI is InChI=1S/C14H20ClFN2O.ClH/c1-19-13-4-5-18(12(7-13)8-17)9-10-6-11(15)2-3-14(10)16;/h2-3,6,12-13H,4-5,7-9,17H2,1H3;1H. The van der Waals surface area contributed by atoms with Gasteiger partial charge in [0, 0.05) is 43.4 Å². The zero-order valence-corrected chi connectivity index (χ0v) is 13.1. The van der Waals surface area contributed by atoms with Crippen molar-refractivity contribution in [2.45, 2.75) is 31.5 Å². The van der Waals surface area contributed by atoms with Crippen molar-refractivity contribution in [1.82, 2.24) is 4.90 Å².